The van der Waals surface area contributed by atoms with E-state index in [4.69, 9.17) is 5.73 Å². The number of anilines is 2. The molecule has 6 nitrogen and oxygen atoms in total. The molecule has 19 heavy (non-hydrogen) atoms. The maximum atomic E-state index is 11.8. The van der Waals surface area contributed by atoms with Crippen LogP contribution in [0.25, 0.3) is 0 Å². The van der Waals surface area contributed by atoms with Gasteiger partial charge in [-0.25, -0.2) is 4.79 Å². The lowest BCUT2D eigenvalue weighted by Crippen LogP contribution is -2.34. The minimum absolute atomic E-state index is 0.257. The molecule has 2 rings (SSSR count). The molecule has 4 N–H and O–H groups in total. The molecule has 0 fully saturated rings. The highest BCUT2D eigenvalue weighted by molar-refractivity contribution is 6.10. The first-order valence-electron chi connectivity index (χ1n) is 5.53. The summed E-state index contributed by atoms with van der Waals surface area (Å²) in [7, 11) is 0. The van der Waals surface area contributed by atoms with Crippen LogP contribution in [0.2, 0.25) is 0 Å². The van der Waals surface area contributed by atoms with Gasteiger partial charge in [0.1, 0.15) is 0 Å². The van der Waals surface area contributed by atoms with Gasteiger partial charge in [0.05, 0.1) is 5.56 Å². The van der Waals surface area contributed by atoms with Crippen LogP contribution in [0.15, 0.2) is 48.8 Å². The van der Waals surface area contributed by atoms with Crippen molar-refractivity contribution < 1.29 is 9.59 Å². The second-order valence-corrected chi connectivity index (χ2v) is 3.73. The Labute approximate surface area is 109 Å². The Morgan fingerprint density at radius 1 is 1.05 bits per heavy atom. The van der Waals surface area contributed by atoms with Crippen LogP contribution in [-0.4, -0.2) is 16.9 Å². The number of pyridine rings is 1. The van der Waals surface area contributed by atoms with Crippen molar-refractivity contribution in [3.05, 3.63) is 54.4 Å². The number of imide groups is 1. The summed E-state index contributed by atoms with van der Waals surface area (Å²) in [4.78, 5) is 27.2. The molecule has 3 amide bonds. The van der Waals surface area contributed by atoms with Crippen LogP contribution in [0.4, 0.5) is 16.2 Å². The lowest BCUT2D eigenvalue weighted by Gasteiger charge is -2.07. The summed E-state index contributed by atoms with van der Waals surface area (Å²) in [6, 6.07) is 9.12. The van der Waals surface area contributed by atoms with Gasteiger partial charge in [0.15, 0.2) is 0 Å². The standard InChI is InChI=1S/C13H12N4O2/c14-11-4-2-1-3-10(11)12(18)17-13(19)16-9-5-7-15-8-6-9/h1-8H,14H2,(H2,15,16,17,18,19). The molecule has 1 heterocycles. The molecule has 0 saturated heterocycles. The zero-order chi connectivity index (χ0) is 13.7. The summed E-state index contributed by atoms with van der Waals surface area (Å²) >= 11 is 0. The fraction of sp³-hybridized carbons (Fsp3) is 0. The van der Waals surface area contributed by atoms with E-state index in [9.17, 15) is 9.59 Å². The highest BCUT2D eigenvalue weighted by Gasteiger charge is 2.12. The first kappa shape index (κ1) is 12.6. The molecule has 2 aromatic rings. The van der Waals surface area contributed by atoms with E-state index < -0.39 is 11.9 Å². The number of para-hydroxylation sites is 1. The van der Waals surface area contributed by atoms with Gasteiger partial charge in [-0.05, 0) is 24.3 Å². The minimum Gasteiger partial charge on any atom is -0.398 e. The Kier molecular flexibility index (Phi) is 3.72. The zero-order valence-corrected chi connectivity index (χ0v) is 9.96. The van der Waals surface area contributed by atoms with E-state index in [1.165, 1.54) is 12.4 Å². The van der Waals surface area contributed by atoms with Crippen LogP contribution in [0, 0.1) is 0 Å². The van der Waals surface area contributed by atoms with Crippen molar-refractivity contribution in [1.29, 1.82) is 0 Å². The lowest BCUT2D eigenvalue weighted by atomic mass is 10.2. The fourth-order valence-corrected chi connectivity index (χ4v) is 1.47. The summed E-state index contributed by atoms with van der Waals surface area (Å²) in [6.07, 6.45) is 3.07. The quantitative estimate of drug-likeness (QED) is 0.711. The molecule has 0 atom stereocenters. The van der Waals surface area contributed by atoms with Crippen LogP contribution in [-0.2, 0) is 0 Å². The van der Waals surface area contributed by atoms with Crippen molar-refractivity contribution in [2.24, 2.45) is 0 Å². The van der Waals surface area contributed by atoms with Crippen LogP contribution < -0.4 is 16.4 Å². The smallest absolute Gasteiger partial charge is 0.326 e. The highest BCUT2D eigenvalue weighted by atomic mass is 16.2. The minimum atomic E-state index is -0.626. The SMILES string of the molecule is Nc1ccccc1C(=O)NC(=O)Nc1ccncc1. The number of carbonyl (C=O) groups excluding carboxylic acids is 2. The first-order chi connectivity index (χ1) is 9.16. The number of hydrogen-bond acceptors (Lipinski definition) is 4. The molecule has 0 unspecified atom stereocenters. The molecule has 0 aliphatic rings. The van der Waals surface area contributed by atoms with Gasteiger partial charge in [0, 0.05) is 23.8 Å². The van der Waals surface area contributed by atoms with Crippen molar-refractivity contribution in [2.75, 3.05) is 11.1 Å². The number of nitrogen functional groups attached to an aromatic ring is 1. The maximum Gasteiger partial charge on any atom is 0.326 e. The van der Waals surface area contributed by atoms with Crippen LogP contribution in [0.3, 0.4) is 0 Å². The Balaban J connectivity index is 2.00. The number of benzene rings is 1. The molecule has 0 bridgehead atoms. The van der Waals surface area contributed by atoms with Crippen molar-refractivity contribution in [1.82, 2.24) is 10.3 Å². The number of rotatable bonds is 2. The molecule has 6 heteroatoms. The summed E-state index contributed by atoms with van der Waals surface area (Å²) in [5.74, 6) is -0.551. The molecule has 0 aliphatic heterocycles. The van der Waals surface area contributed by atoms with E-state index in [0.717, 1.165) is 0 Å². The number of urea groups is 1. The molecule has 1 aromatic heterocycles. The highest BCUT2D eigenvalue weighted by Crippen LogP contribution is 2.10. The Morgan fingerprint density at radius 3 is 2.42 bits per heavy atom. The molecule has 1 aromatic carbocycles. The van der Waals surface area contributed by atoms with Crippen LogP contribution >= 0.6 is 0 Å². The summed E-state index contributed by atoms with van der Waals surface area (Å²) in [6.45, 7) is 0. The number of hydrogen-bond donors (Lipinski definition) is 3. The Morgan fingerprint density at radius 2 is 1.74 bits per heavy atom. The second kappa shape index (κ2) is 5.63. The molecule has 0 radical (unpaired) electrons. The molecule has 96 valence electrons. The molecule has 0 aliphatic carbocycles. The monoisotopic (exact) mass is 256 g/mol. The predicted octanol–water partition coefficient (Wildman–Crippen LogP) is 1.63. The zero-order valence-electron chi connectivity index (χ0n) is 9.96. The van der Waals surface area contributed by atoms with Gasteiger partial charge in [0.2, 0.25) is 0 Å². The van der Waals surface area contributed by atoms with Crippen LogP contribution in [0.5, 0.6) is 0 Å². The third-order valence-electron chi connectivity index (χ3n) is 2.37. The van der Waals surface area contributed by atoms with Crippen molar-refractivity contribution in [3.8, 4) is 0 Å². The van der Waals surface area contributed by atoms with Gasteiger partial charge in [-0.3, -0.25) is 15.1 Å². The maximum absolute atomic E-state index is 11.8. The first-order valence-corrected chi connectivity index (χ1v) is 5.53. The van der Waals surface area contributed by atoms with Gasteiger partial charge in [0.25, 0.3) is 5.91 Å². The lowest BCUT2D eigenvalue weighted by molar-refractivity contribution is 0.0968. The van der Waals surface area contributed by atoms with Gasteiger partial charge in [-0.1, -0.05) is 12.1 Å². The third-order valence-corrected chi connectivity index (χ3v) is 2.37. The number of nitrogens with one attached hydrogen (secondary N) is 2. The van der Waals surface area contributed by atoms with Crippen molar-refractivity contribution in [2.45, 2.75) is 0 Å². The van der Waals surface area contributed by atoms with E-state index in [0.29, 0.717) is 11.4 Å². The third kappa shape index (κ3) is 3.29. The van der Waals surface area contributed by atoms with Crippen molar-refractivity contribution >= 4 is 23.3 Å². The van der Waals surface area contributed by atoms with E-state index >= 15 is 0 Å². The van der Waals surface area contributed by atoms with Gasteiger partial charge in [-0.15, -0.1) is 0 Å². The van der Waals surface area contributed by atoms with E-state index in [-0.39, 0.29) is 5.56 Å². The van der Waals surface area contributed by atoms with E-state index in [1.807, 2.05) is 0 Å². The van der Waals surface area contributed by atoms with Crippen molar-refractivity contribution in [3.63, 3.8) is 0 Å². The fourth-order valence-electron chi connectivity index (χ4n) is 1.47. The topological polar surface area (TPSA) is 97.1 Å². The average molecular weight is 256 g/mol. The largest absolute Gasteiger partial charge is 0.398 e. The number of amides is 3. The number of aromatic nitrogens is 1. The van der Waals surface area contributed by atoms with Gasteiger partial charge in [-0.2, -0.15) is 0 Å². The summed E-state index contributed by atoms with van der Waals surface area (Å²) in [5.41, 5.74) is 6.77. The predicted molar refractivity (Wildman–Crippen MR) is 71.6 cm³/mol. The van der Waals surface area contributed by atoms with E-state index in [2.05, 4.69) is 15.6 Å². The van der Waals surface area contributed by atoms with E-state index in [1.54, 1.807) is 36.4 Å². The Bertz CT molecular complexity index is 599. The molecule has 0 saturated carbocycles. The molecular formula is C13H12N4O2. The Hall–Kier alpha value is -2.89. The second-order valence-electron chi connectivity index (χ2n) is 3.73. The molecular weight excluding hydrogens is 244 g/mol. The molecule has 0 spiro atoms. The summed E-state index contributed by atoms with van der Waals surface area (Å²) in [5, 5.41) is 4.71. The number of carbonyl (C=O) groups is 2. The number of nitrogens with zero attached hydrogens (tertiary/aromatic N) is 1. The average Bonchev–Trinajstić information content (AvgIpc) is 2.40. The van der Waals surface area contributed by atoms with Gasteiger partial charge < -0.3 is 11.1 Å². The number of nitrogens with two attached hydrogens (primary N) is 1. The van der Waals surface area contributed by atoms with Gasteiger partial charge >= 0.3 is 6.03 Å². The summed E-state index contributed by atoms with van der Waals surface area (Å²) < 4.78 is 0. The van der Waals surface area contributed by atoms with Crippen LogP contribution in [0.1, 0.15) is 10.4 Å². The normalized spacial score (nSPS) is 9.68.